The van der Waals surface area contributed by atoms with Crippen LogP contribution in [0.5, 0.6) is 23.0 Å². The molecule has 0 saturated carbocycles. The van der Waals surface area contributed by atoms with Gasteiger partial charge < -0.3 is 55.1 Å². The lowest BCUT2D eigenvalue weighted by Gasteiger charge is -2.36. The average Bonchev–Trinajstić information content (AvgIpc) is 3.44. The van der Waals surface area contributed by atoms with Gasteiger partial charge in [0.25, 0.3) is 11.7 Å². The summed E-state index contributed by atoms with van der Waals surface area (Å²) in [6.45, 7) is 13.8. The molecule has 1 fully saturated rings. The number of allylic oxidation sites excluding steroid dienone is 2. The second-order valence-electron chi connectivity index (χ2n) is 15.5. The van der Waals surface area contributed by atoms with Crippen molar-refractivity contribution in [1.29, 1.82) is 0 Å². The number of carbonyl (C=O) groups is 2. The van der Waals surface area contributed by atoms with Gasteiger partial charge in [-0.1, -0.05) is 45.9 Å². The second-order valence-corrected chi connectivity index (χ2v) is 15.5. The third-order valence-corrected chi connectivity index (χ3v) is 11.6. The number of ether oxygens (including phenoxy) is 3. The van der Waals surface area contributed by atoms with E-state index in [1.165, 1.54) is 52.5 Å². The van der Waals surface area contributed by atoms with Gasteiger partial charge in [0.1, 0.15) is 17.2 Å². The number of hydrogen-bond donors (Lipinski definition) is 7. The number of methoxy groups -OCH3 is 1. The Morgan fingerprint density at radius 3 is 2.16 bits per heavy atom. The van der Waals surface area contributed by atoms with Crippen molar-refractivity contribution in [3.63, 3.8) is 0 Å². The summed E-state index contributed by atoms with van der Waals surface area (Å²) in [4.78, 5) is 30.1. The fraction of sp³-hybridized carbons (Fsp3) is 0.537. The van der Waals surface area contributed by atoms with Crippen LogP contribution in [-0.4, -0.2) is 129 Å². The van der Waals surface area contributed by atoms with Crippen LogP contribution in [0.25, 0.3) is 10.8 Å². The van der Waals surface area contributed by atoms with Gasteiger partial charge in [0, 0.05) is 80.4 Å². The number of Topliss-reactive ketones (excluding diaryl/α,β-unsaturated/α-hetero) is 1. The monoisotopic (exact) mass is 780 g/mol. The second kappa shape index (κ2) is 16.8. The lowest BCUT2D eigenvalue weighted by molar-refractivity contribution is -0.112. The van der Waals surface area contributed by atoms with E-state index in [0.717, 1.165) is 13.1 Å². The molecule has 0 unspecified atom stereocenters. The highest BCUT2D eigenvalue weighted by Gasteiger charge is 2.50. The van der Waals surface area contributed by atoms with Crippen LogP contribution in [0.15, 0.2) is 41.2 Å². The van der Waals surface area contributed by atoms with E-state index in [0.29, 0.717) is 13.1 Å². The number of benzene rings is 2. The quantitative estimate of drug-likeness (QED) is 0.134. The molecule has 2 aromatic carbocycles. The Bertz CT molecular complexity index is 1950. The maximum Gasteiger partial charge on any atom is 0.312 e. The first-order valence-corrected chi connectivity index (χ1v) is 18.9. The standard InChI is InChI=1S/C41H56N4O11/c1-20-11-10-12-21(2)40(53)43-31-26(19-42-45-16-14-44(8)15-17-45)36(50)28-29(37(31)51)35(49)25(6)38-30(28)39(52)41(7,56-38)55-18-13-27(54-9)22(3)33(47)24(5)34(48)23(4)32(20)46/h10-13,18-20,22-24,27,32-34,46-51H,14-17H2,1-9H3,(H,43,53)/b11-10-,18-13-,21-12-,42-19+/t20-,22+,23+,24-,27-,32-,33+,34+,41-/m0/s1. The normalized spacial score (nSPS) is 33.3. The molecule has 0 aliphatic carbocycles. The Kier molecular flexibility index (Phi) is 12.8. The first-order valence-electron chi connectivity index (χ1n) is 18.9. The zero-order chi connectivity index (χ0) is 41.4. The highest BCUT2D eigenvalue weighted by Crippen LogP contribution is 2.55. The molecule has 0 aromatic heterocycles. The zero-order valence-corrected chi connectivity index (χ0v) is 33.5. The lowest BCUT2D eigenvalue weighted by atomic mass is 9.78. The van der Waals surface area contributed by atoms with Crippen LogP contribution in [-0.2, 0) is 14.3 Å². The number of nitrogens with zero attached hydrogens (tertiary/aromatic N) is 3. The number of nitrogens with one attached hydrogen (secondary N) is 1. The lowest BCUT2D eigenvalue weighted by Crippen LogP contribution is -2.44. The smallest absolute Gasteiger partial charge is 0.312 e. The number of rotatable bonds is 3. The van der Waals surface area contributed by atoms with Gasteiger partial charge in [-0.25, -0.2) is 0 Å². The molecule has 5 bridgehead atoms. The maximum absolute atomic E-state index is 14.3. The number of phenolic OH excluding ortho intramolecular Hbond substituents is 3. The van der Waals surface area contributed by atoms with Crippen LogP contribution in [0.2, 0.25) is 0 Å². The summed E-state index contributed by atoms with van der Waals surface area (Å²) in [7, 11) is 3.43. The summed E-state index contributed by atoms with van der Waals surface area (Å²) >= 11 is 0. The van der Waals surface area contributed by atoms with Gasteiger partial charge in [-0.15, -0.1) is 0 Å². The van der Waals surface area contributed by atoms with E-state index in [4.69, 9.17) is 14.2 Å². The van der Waals surface area contributed by atoms with Gasteiger partial charge >= 0.3 is 5.79 Å². The number of likely N-dealkylation sites (N-methyl/N-ethyl adjacent to an activating group) is 1. The molecule has 4 heterocycles. The number of hydrazone groups is 1. The number of piperazine rings is 1. The molecular weight excluding hydrogens is 724 g/mol. The first-order chi connectivity index (χ1) is 26.3. The summed E-state index contributed by atoms with van der Waals surface area (Å²) in [6, 6.07) is 0. The Labute approximate surface area is 327 Å². The summed E-state index contributed by atoms with van der Waals surface area (Å²) in [5, 5.41) is 77.6. The number of phenols is 3. The van der Waals surface area contributed by atoms with Crippen LogP contribution in [0.3, 0.4) is 0 Å². The third-order valence-electron chi connectivity index (χ3n) is 11.6. The van der Waals surface area contributed by atoms with Crippen LogP contribution in [0, 0.1) is 30.6 Å². The van der Waals surface area contributed by atoms with Gasteiger partial charge in [-0.2, -0.15) is 5.10 Å². The Morgan fingerprint density at radius 2 is 1.52 bits per heavy atom. The Morgan fingerprint density at radius 1 is 0.893 bits per heavy atom. The average molecular weight is 781 g/mol. The van der Waals surface area contributed by atoms with Crippen LogP contribution in [0.1, 0.15) is 63.0 Å². The number of amides is 1. The van der Waals surface area contributed by atoms with E-state index in [1.54, 1.807) is 44.9 Å². The van der Waals surface area contributed by atoms with Gasteiger partial charge in [-0.05, 0) is 27.0 Å². The minimum atomic E-state index is -2.01. The molecule has 0 spiro atoms. The molecule has 56 heavy (non-hydrogen) atoms. The molecule has 7 N–H and O–H groups in total. The first kappa shape index (κ1) is 42.5. The molecule has 1 saturated heterocycles. The van der Waals surface area contributed by atoms with E-state index < -0.39 is 82.8 Å². The van der Waals surface area contributed by atoms with Gasteiger partial charge in [0.2, 0.25) is 0 Å². The molecule has 306 valence electrons. The highest BCUT2D eigenvalue weighted by atomic mass is 16.7. The Hall–Kier alpha value is -4.67. The molecule has 2 aromatic rings. The minimum Gasteiger partial charge on any atom is -0.507 e. The van der Waals surface area contributed by atoms with E-state index in [2.05, 4.69) is 15.3 Å². The molecule has 4 aliphatic heterocycles. The summed E-state index contributed by atoms with van der Waals surface area (Å²) in [5.74, 6) is -7.59. The van der Waals surface area contributed by atoms with Crippen LogP contribution < -0.4 is 10.1 Å². The van der Waals surface area contributed by atoms with Crippen molar-refractivity contribution < 1.29 is 54.4 Å². The predicted molar refractivity (Wildman–Crippen MR) is 211 cm³/mol. The number of aliphatic hydroxyl groups excluding tert-OH is 3. The van der Waals surface area contributed by atoms with Gasteiger partial charge in [-0.3, -0.25) is 14.6 Å². The van der Waals surface area contributed by atoms with E-state index in [9.17, 15) is 40.2 Å². The number of ketones is 1. The van der Waals surface area contributed by atoms with Crippen molar-refractivity contribution in [2.45, 2.75) is 78.7 Å². The number of anilines is 1. The van der Waals surface area contributed by atoms with E-state index >= 15 is 0 Å². The molecule has 1 amide bonds. The number of fused-ring (bicyclic) bond motifs is 14. The molecular formula is C41H56N4O11. The van der Waals surface area contributed by atoms with Crippen molar-refractivity contribution in [1.82, 2.24) is 9.91 Å². The number of carbonyl (C=O) groups excluding carboxylic acids is 2. The van der Waals surface area contributed by atoms with Gasteiger partial charge in [0.15, 0.2) is 5.75 Å². The maximum atomic E-state index is 14.3. The summed E-state index contributed by atoms with van der Waals surface area (Å²) < 4.78 is 17.7. The SMILES string of the molecule is CO[C@H]1/C=C\O[C@@]2(C)Oc3c(C)c(O)c4c(O)c(c(/C=N/N5CCN(C)CC5)c(O)c4c3C2=O)NC(=O)/C(C)=C\C=C/[C@H](C)[C@H](O)[C@@H](C)[C@@H](O)[C@@H](C)[C@H](O)[C@@H]1C. The fourth-order valence-corrected chi connectivity index (χ4v) is 7.53. The molecule has 6 rings (SSSR count). The van der Waals surface area contributed by atoms with Crippen molar-refractivity contribution in [2.24, 2.45) is 28.8 Å². The third kappa shape index (κ3) is 7.96. The van der Waals surface area contributed by atoms with Crippen molar-refractivity contribution in [3.05, 3.63) is 52.8 Å². The van der Waals surface area contributed by atoms with Crippen LogP contribution >= 0.6 is 0 Å². The molecule has 4 aliphatic rings. The molecule has 9 atom stereocenters. The van der Waals surface area contributed by atoms with Gasteiger partial charge in [0.05, 0.1) is 59.1 Å². The highest BCUT2D eigenvalue weighted by molar-refractivity contribution is 6.23. The minimum absolute atomic E-state index is 0.0688. The van der Waals surface area contributed by atoms with E-state index in [1.807, 2.05) is 7.05 Å². The van der Waals surface area contributed by atoms with E-state index in [-0.39, 0.29) is 44.5 Å². The zero-order valence-electron chi connectivity index (χ0n) is 33.5. The topological polar surface area (TPSA) is 214 Å². The van der Waals surface area contributed by atoms with Crippen molar-refractivity contribution >= 4 is 34.4 Å². The molecule has 15 nitrogen and oxygen atoms in total. The summed E-state index contributed by atoms with van der Waals surface area (Å²) in [5.41, 5.74) is -0.290. The number of hydrogen-bond acceptors (Lipinski definition) is 14. The largest absolute Gasteiger partial charge is 0.507 e. The number of aliphatic hydroxyl groups is 3. The van der Waals surface area contributed by atoms with Crippen molar-refractivity contribution in [3.8, 4) is 23.0 Å². The summed E-state index contributed by atoms with van der Waals surface area (Å²) in [6.07, 6.45) is 4.79. The molecule has 15 heteroatoms. The molecule has 0 radical (unpaired) electrons. The number of aromatic hydroxyl groups is 3. The Balaban J connectivity index is 1.70. The fourth-order valence-electron chi connectivity index (χ4n) is 7.53. The van der Waals surface area contributed by atoms with Crippen molar-refractivity contribution in [2.75, 3.05) is 45.7 Å². The van der Waals surface area contributed by atoms with Crippen LogP contribution in [0.4, 0.5) is 5.69 Å². The predicted octanol–water partition coefficient (Wildman–Crippen LogP) is 3.76.